The van der Waals surface area contributed by atoms with E-state index >= 15 is 0 Å². The fraction of sp³-hybridized carbons (Fsp3) is 0.267. The summed E-state index contributed by atoms with van der Waals surface area (Å²) in [7, 11) is -17.3. The molecule has 0 amide bonds. The third kappa shape index (κ3) is 21.4. The number of aromatic nitrogens is 5. The second-order valence-corrected chi connectivity index (χ2v) is 10.9. The van der Waals surface area contributed by atoms with Crippen LogP contribution in [0.4, 0.5) is 50.4 Å². The van der Waals surface area contributed by atoms with Gasteiger partial charge in [-0.3, -0.25) is 0 Å². The molecule has 3 rings (SSSR count). The number of imidazole rings is 2. The summed E-state index contributed by atoms with van der Waals surface area (Å²) in [6.07, 6.45) is 12.3. The molecule has 34 heavy (non-hydrogen) atoms. The Morgan fingerprint density at radius 2 is 0.941 bits per heavy atom. The standard InChI is InChI=1S/C15H19N5.2F6P/c1-17-6-8-19(12-17)10-14-4-3-5-15(16-14)11-20-9-7-18(2)13-20;2*1-7(2,3,4,5)6/h3-9,12-13H,10-11H2,1-2H3;;/q+2;2*-1. The second kappa shape index (κ2) is 8.08. The first-order valence-corrected chi connectivity index (χ1v) is 12.7. The van der Waals surface area contributed by atoms with E-state index in [0.717, 1.165) is 24.5 Å². The van der Waals surface area contributed by atoms with Crippen LogP contribution in [-0.4, -0.2) is 14.1 Å². The van der Waals surface area contributed by atoms with Crippen molar-refractivity contribution in [2.24, 2.45) is 14.1 Å². The van der Waals surface area contributed by atoms with Crippen molar-refractivity contribution >= 4 is 15.6 Å². The third-order valence-corrected chi connectivity index (χ3v) is 3.20. The Labute approximate surface area is 184 Å². The molecule has 19 heteroatoms. The topological polar surface area (TPSA) is 30.5 Å². The van der Waals surface area contributed by atoms with Crippen LogP contribution < -0.4 is 9.13 Å². The summed E-state index contributed by atoms with van der Waals surface area (Å²) in [5.41, 5.74) is 2.16. The van der Waals surface area contributed by atoms with Gasteiger partial charge in [-0.2, -0.15) is 0 Å². The number of nitrogens with zero attached hydrogens (tertiary/aromatic N) is 5. The molecule has 3 aromatic heterocycles. The summed E-state index contributed by atoms with van der Waals surface area (Å²) in [5.74, 6) is 0. The molecule has 0 aliphatic heterocycles. The fourth-order valence-corrected chi connectivity index (χ4v) is 2.27. The fourth-order valence-electron chi connectivity index (χ4n) is 2.27. The molecule has 3 aromatic rings. The van der Waals surface area contributed by atoms with E-state index in [1.165, 1.54) is 0 Å². The molecule has 0 saturated heterocycles. The summed E-state index contributed by atoms with van der Waals surface area (Å²) in [4.78, 5) is 4.72. The van der Waals surface area contributed by atoms with Crippen molar-refractivity contribution in [1.82, 2.24) is 14.1 Å². The molecule has 5 nitrogen and oxygen atoms in total. The molecule has 0 bridgehead atoms. The van der Waals surface area contributed by atoms with Gasteiger partial charge in [-0.25, -0.2) is 23.3 Å². The number of hydrogen-bond acceptors (Lipinski definition) is 1. The Bertz CT molecular complexity index is 1010. The predicted octanol–water partition coefficient (Wildman–Crippen LogP) is 7.20. The Hall–Kier alpha value is -2.41. The van der Waals surface area contributed by atoms with Gasteiger partial charge in [0.2, 0.25) is 12.7 Å². The average molecular weight is 559 g/mol. The number of pyridine rings is 1. The maximum absolute atomic E-state index is 10.7. The average Bonchev–Trinajstić information content (AvgIpc) is 3.10. The van der Waals surface area contributed by atoms with Gasteiger partial charge in [-0.1, -0.05) is 6.07 Å². The zero-order chi connectivity index (χ0) is 26.8. The minimum atomic E-state index is -10.7. The molecule has 0 aliphatic rings. The van der Waals surface area contributed by atoms with Crippen LogP contribution in [0.15, 0.2) is 55.6 Å². The number of aryl methyl sites for hydroxylation is 2. The number of rotatable bonds is 4. The molecule has 0 N–H and O–H groups in total. The van der Waals surface area contributed by atoms with Crippen molar-refractivity contribution in [2.75, 3.05) is 0 Å². The van der Waals surface area contributed by atoms with Crippen LogP contribution in [0.1, 0.15) is 11.4 Å². The van der Waals surface area contributed by atoms with Gasteiger partial charge < -0.3 is 0 Å². The zero-order valence-electron chi connectivity index (χ0n) is 17.3. The first-order chi connectivity index (χ1) is 14.6. The van der Waals surface area contributed by atoms with Crippen LogP contribution in [0.5, 0.6) is 0 Å². The summed E-state index contributed by atoms with van der Waals surface area (Å²) in [5, 5.41) is 0. The SMILES string of the molecule is C[n+]1ccn(Cc2cccc(Cn3cc[n+](C)c3)n2)c1.F[P-](F)(F)(F)(F)F.F[P-](F)(F)(F)(F)F. The first kappa shape index (κ1) is 29.6. The van der Waals surface area contributed by atoms with Crippen molar-refractivity contribution in [1.29, 1.82) is 0 Å². The summed E-state index contributed by atoms with van der Waals surface area (Å²) >= 11 is 0. The maximum atomic E-state index is 9.87. The van der Waals surface area contributed by atoms with E-state index in [9.17, 15) is 50.4 Å². The van der Waals surface area contributed by atoms with E-state index in [-0.39, 0.29) is 0 Å². The summed E-state index contributed by atoms with van der Waals surface area (Å²) in [6, 6.07) is 6.21. The van der Waals surface area contributed by atoms with Crippen LogP contribution in [-0.2, 0) is 27.2 Å². The van der Waals surface area contributed by atoms with Crippen molar-refractivity contribution in [3.05, 3.63) is 67.0 Å². The van der Waals surface area contributed by atoms with E-state index in [1.54, 1.807) is 0 Å². The van der Waals surface area contributed by atoms with Gasteiger partial charge in [0.25, 0.3) is 0 Å². The zero-order valence-corrected chi connectivity index (χ0v) is 19.1. The van der Waals surface area contributed by atoms with E-state index in [1.807, 2.05) is 35.6 Å². The monoisotopic (exact) mass is 559 g/mol. The van der Waals surface area contributed by atoms with Gasteiger partial charge in [0.15, 0.2) is 0 Å². The summed E-state index contributed by atoms with van der Waals surface area (Å²) < 4.78 is 127. The molecule has 0 aliphatic carbocycles. The van der Waals surface area contributed by atoms with Gasteiger partial charge in [-0.15, -0.1) is 0 Å². The quantitative estimate of drug-likeness (QED) is 0.189. The van der Waals surface area contributed by atoms with Crippen LogP contribution in [0.25, 0.3) is 0 Å². The van der Waals surface area contributed by atoms with Crippen molar-refractivity contribution in [2.45, 2.75) is 13.1 Å². The normalized spacial score (nSPS) is 15.9. The third-order valence-electron chi connectivity index (χ3n) is 3.20. The van der Waals surface area contributed by atoms with Gasteiger partial charge in [0.1, 0.15) is 37.9 Å². The Kier molecular flexibility index (Phi) is 7.04. The summed E-state index contributed by atoms with van der Waals surface area (Å²) in [6.45, 7) is 1.60. The predicted molar refractivity (Wildman–Crippen MR) is 101 cm³/mol. The first-order valence-electron chi connectivity index (χ1n) is 8.69. The van der Waals surface area contributed by atoms with Crippen molar-refractivity contribution < 1.29 is 59.5 Å². The van der Waals surface area contributed by atoms with Crippen LogP contribution in [0.2, 0.25) is 0 Å². The Morgan fingerprint density at radius 1 is 0.647 bits per heavy atom. The van der Waals surface area contributed by atoms with Crippen LogP contribution in [0.3, 0.4) is 0 Å². The Balaban J connectivity index is 0.000000343. The molecule has 0 spiro atoms. The van der Waals surface area contributed by atoms with E-state index in [0.29, 0.717) is 0 Å². The number of halogens is 12. The van der Waals surface area contributed by atoms with Crippen molar-refractivity contribution in [3.63, 3.8) is 0 Å². The number of hydrogen-bond donors (Lipinski definition) is 0. The van der Waals surface area contributed by atoms with Gasteiger partial charge in [0.05, 0.1) is 25.5 Å². The van der Waals surface area contributed by atoms with E-state index < -0.39 is 15.6 Å². The van der Waals surface area contributed by atoms with E-state index in [4.69, 9.17) is 4.98 Å². The molecule has 3 heterocycles. The molecular formula is C15H19F12N5P2. The van der Waals surface area contributed by atoms with Gasteiger partial charge in [0, 0.05) is 0 Å². The molecule has 0 aromatic carbocycles. The minimum absolute atomic E-state index is 0.800. The van der Waals surface area contributed by atoms with Crippen LogP contribution >= 0.6 is 15.6 Å². The molecular weight excluding hydrogens is 540 g/mol. The second-order valence-electron chi connectivity index (χ2n) is 7.04. The molecule has 0 radical (unpaired) electrons. The molecule has 0 saturated carbocycles. The van der Waals surface area contributed by atoms with E-state index in [2.05, 4.69) is 52.4 Å². The van der Waals surface area contributed by atoms with Gasteiger partial charge in [-0.05, 0) is 12.1 Å². The molecule has 0 unspecified atom stereocenters. The van der Waals surface area contributed by atoms with Crippen molar-refractivity contribution in [3.8, 4) is 0 Å². The molecule has 198 valence electrons. The molecule has 0 fully saturated rings. The molecule has 0 atom stereocenters. The Morgan fingerprint density at radius 3 is 1.18 bits per heavy atom. The van der Waals surface area contributed by atoms with Gasteiger partial charge >= 0.3 is 66.0 Å². The van der Waals surface area contributed by atoms with Crippen LogP contribution in [0, 0.1) is 0 Å².